The first kappa shape index (κ1) is 34.4. The van der Waals surface area contributed by atoms with Gasteiger partial charge in [-0.3, -0.25) is 19.2 Å². The fourth-order valence-electron chi connectivity index (χ4n) is 4.28. The Morgan fingerprint density at radius 1 is 0.977 bits per heavy atom. The van der Waals surface area contributed by atoms with Crippen LogP contribution in [0.15, 0.2) is 65.6 Å². The summed E-state index contributed by atoms with van der Waals surface area (Å²) in [7, 11) is 0. The highest BCUT2D eigenvalue weighted by molar-refractivity contribution is 8.01. The van der Waals surface area contributed by atoms with Crippen molar-refractivity contribution >= 4 is 41.5 Å². The number of ether oxygens (including phenoxy) is 4. The summed E-state index contributed by atoms with van der Waals surface area (Å²) in [6.07, 6.45) is -7.75. The van der Waals surface area contributed by atoms with E-state index < -0.39 is 65.6 Å². The summed E-state index contributed by atoms with van der Waals surface area (Å²) in [6, 6.07) is 16.4. The molecular formula is C29H31F3N2O9S. The van der Waals surface area contributed by atoms with Crippen LogP contribution in [0.4, 0.5) is 13.2 Å². The van der Waals surface area contributed by atoms with Gasteiger partial charge in [0.15, 0.2) is 0 Å². The summed E-state index contributed by atoms with van der Waals surface area (Å²) in [5.74, 6) is -5.46. The van der Waals surface area contributed by atoms with E-state index in [-0.39, 0.29) is 26.1 Å². The molecule has 0 spiro atoms. The number of amides is 2. The standard InChI is InChI=1S/C29H31F3N2O9S/c1-18(35)40-17-21(42-19(2)36)13-24-23(34-25(37)15-33-26(38)29(30,31)32)14-28(43-24,44-22-11-7-4-8-12-22)27(39)41-16-20-9-5-3-6-10-20/h3-12,21,23-24H,13-17H2,1-2H3,(H,33,38)(H,34,37)/t21?,23-,24?,28?/m1/s1. The van der Waals surface area contributed by atoms with Crippen molar-refractivity contribution < 1.29 is 56.1 Å². The van der Waals surface area contributed by atoms with Crippen LogP contribution in [-0.2, 0) is 49.5 Å². The highest BCUT2D eigenvalue weighted by Gasteiger charge is 2.55. The van der Waals surface area contributed by atoms with Gasteiger partial charge >= 0.3 is 30.0 Å². The van der Waals surface area contributed by atoms with E-state index >= 15 is 0 Å². The maximum absolute atomic E-state index is 13.7. The van der Waals surface area contributed by atoms with Gasteiger partial charge in [0.2, 0.25) is 10.8 Å². The number of alkyl halides is 3. The summed E-state index contributed by atoms with van der Waals surface area (Å²) in [5.41, 5.74) is 0.692. The van der Waals surface area contributed by atoms with Gasteiger partial charge in [0, 0.05) is 31.6 Å². The molecule has 0 saturated carbocycles. The highest BCUT2D eigenvalue weighted by atomic mass is 32.2. The van der Waals surface area contributed by atoms with Crippen molar-refractivity contribution in [2.24, 2.45) is 0 Å². The molecule has 1 saturated heterocycles. The second kappa shape index (κ2) is 15.6. The van der Waals surface area contributed by atoms with Crippen LogP contribution < -0.4 is 10.6 Å². The lowest BCUT2D eigenvalue weighted by molar-refractivity contribution is -0.173. The Morgan fingerprint density at radius 2 is 1.61 bits per heavy atom. The molecule has 238 valence electrons. The largest absolute Gasteiger partial charge is 0.471 e. The number of rotatable bonds is 13. The topological polar surface area (TPSA) is 146 Å². The molecule has 4 atom stereocenters. The molecule has 0 radical (unpaired) electrons. The fraction of sp³-hybridized carbons (Fsp3) is 0.414. The van der Waals surface area contributed by atoms with E-state index in [1.54, 1.807) is 60.7 Å². The van der Waals surface area contributed by atoms with Crippen LogP contribution in [-0.4, -0.2) is 72.2 Å². The molecule has 1 aliphatic rings. The molecular weight excluding hydrogens is 609 g/mol. The Morgan fingerprint density at radius 3 is 2.20 bits per heavy atom. The number of benzene rings is 2. The fourth-order valence-corrected chi connectivity index (χ4v) is 5.53. The zero-order chi connectivity index (χ0) is 32.3. The van der Waals surface area contributed by atoms with Crippen LogP contribution in [0.25, 0.3) is 0 Å². The molecule has 11 nitrogen and oxygen atoms in total. The molecule has 0 bridgehead atoms. The molecule has 44 heavy (non-hydrogen) atoms. The first-order chi connectivity index (χ1) is 20.8. The third-order valence-corrected chi connectivity index (χ3v) is 7.41. The Labute approximate surface area is 255 Å². The maximum Gasteiger partial charge on any atom is 0.471 e. The van der Waals surface area contributed by atoms with Gasteiger partial charge in [-0.05, 0) is 17.7 Å². The van der Waals surface area contributed by atoms with Crippen molar-refractivity contribution in [2.75, 3.05) is 13.2 Å². The van der Waals surface area contributed by atoms with E-state index in [2.05, 4.69) is 5.32 Å². The van der Waals surface area contributed by atoms with Gasteiger partial charge in [0.25, 0.3) is 0 Å². The minimum atomic E-state index is -5.20. The monoisotopic (exact) mass is 640 g/mol. The van der Waals surface area contributed by atoms with Crippen molar-refractivity contribution in [2.45, 2.75) is 67.6 Å². The SMILES string of the molecule is CC(=O)OCC(CC1OC(Sc2ccccc2)(C(=O)OCc2ccccc2)C[C@H]1NC(=O)CNC(=O)C(F)(F)F)OC(C)=O. The van der Waals surface area contributed by atoms with E-state index in [4.69, 9.17) is 18.9 Å². The molecule has 0 aliphatic carbocycles. The lowest BCUT2D eigenvalue weighted by atomic mass is 10.0. The Bertz CT molecular complexity index is 1310. The van der Waals surface area contributed by atoms with Crippen molar-refractivity contribution in [3.8, 4) is 0 Å². The molecule has 2 aromatic carbocycles. The van der Waals surface area contributed by atoms with Crippen LogP contribution >= 0.6 is 11.8 Å². The number of nitrogens with one attached hydrogen (secondary N) is 2. The zero-order valence-electron chi connectivity index (χ0n) is 23.8. The number of halogens is 3. The smallest absolute Gasteiger partial charge is 0.462 e. The van der Waals surface area contributed by atoms with Crippen LogP contribution in [0, 0.1) is 0 Å². The Hall–Kier alpha value is -4.11. The molecule has 15 heteroatoms. The van der Waals surface area contributed by atoms with E-state index in [9.17, 15) is 37.1 Å². The lowest BCUT2D eigenvalue weighted by Crippen LogP contribution is -2.48. The molecule has 2 amide bonds. The summed E-state index contributed by atoms with van der Waals surface area (Å²) < 4.78 is 60.1. The summed E-state index contributed by atoms with van der Waals surface area (Å²) in [5, 5.41) is 4.01. The Kier molecular flexibility index (Phi) is 12.2. The minimum Gasteiger partial charge on any atom is -0.462 e. The number of hydrogen-bond acceptors (Lipinski definition) is 10. The summed E-state index contributed by atoms with van der Waals surface area (Å²) >= 11 is 0.998. The molecule has 3 unspecified atom stereocenters. The average molecular weight is 641 g/mol. The van der Waals surface area contributed by atoms with Crippen molar-refractivity contribution in [1.29, 1.82) is 0 Å². The molecule has 1 fully saturated rings. The normalized spacial score (nSPS) is 20.2. The van der Waals surface area contributed by atoms with Crippen LogP contribution in [0.1, 0.15) is 32.3 Å². The lowest BCUT2D eigenvalue weighted by Gasteiger charge is -2.27. The number of hydrogen-bond donors (Lipinski definition) is 2. The van der Waals surface area contributed by atoms with Crippen LogP contribution in [0.2, 0.25) is 0 Å². The third-order valence-electron chi connectivity index (χ3n) is 6.14. The van der Waals surface area contributed by atoms with Gasteiger partial charge in [-0.15, -0.1) is 0 Å². The Balaban J connectivity index is 1.90. The van der Waals surface area contributed by atoms with Gasteiger partial charge in [0.1, 0.15) is 19.3 Å². The molecule has 2 N–H and O–H groups in total. The van der Waals surface area contributed by atoms with E-state index in [1.165, 1.54) is 5.32 Å². The number of carbonyl (C=O) groups excluding carboxylic acids is 5. The first-order valence-corrected chi connectivity index (χ1v) is 14.2. The molecule has 0 aromatic heterocycles. The second-order valence-electron chi connectivity index (χ2n) is 9.71. The van der Waals surface area contributed by atoms with Crippen LogP contribution in [0.5, 0.6) is 0 Å². The van der Waals surface area contributed by atoms with Gasteiger partial charge in [-0.1, -0.05) is 60.3 Å². The maximum atomic E-state index is 13.7. The summed E-state index contributed by atoms with van der Waals surface area (Å²) in [4.78, 5) is 59.7. The first-order valence-electron chi connectivity index (χ1n) is 13.4. The number of thioether (sulfide) groups is 1. The predicted molar refractivity (Wildman–Crippen MR) is 149 cm³/mol. The van der Waals surface area contributed by atoms with Crippen molar-refractivity contribution in [3.63, 3.8) is 0 Å². The molecule has 1 heterocycles. The van der Waals surface area contributed by atoms with E-state index in [0.29, 0.717) is 10.5 Å². The second-order valence-corrected chi connectivity index (χ2v) is 11.0. The van der Waals surface area contributed by atoms with Gasteiger partial charge in [0.05, 0.1) is 18.7 Å². The summed E-state index contributed by atoms with van der Waals surface area (Å²) in [6.45, 7) is 0.802. The van der Waals surface area contributed by atoms with Gasteiger partial charge in [-0.25, -0.2) is 4.79 Å². The van der Waals surface area contributed by atoms with Crippen LogP contribution in [0.3, 0.4) is 0 Å². The molecule has 1 aliphatic heterocycles. The van der Waals surface area contributed by atoms with E-state index in [0.717, 1.165) is 25.6 Å². The van der Waals surface area contributed by atoms with E-state index in [1.807, 2.05) is 0 Å². The predicted octanol–water partition coefficient (Wildman–Crippen LogP) is 3.06. The van der Waals surface area contributed by atoms with Crippen molar-refractivity contribution in [1.82, 2.24) is 10.6 Å². The average Bonchev–Trinajstić information content (AvgIpc) is 3.30. The third kappa shape index (κ3) is 10.6. The minimum absolute atomic E-state index is 0.103. The number of carbonyl (C=O) groups is 5. The van der Waals surface area contributed by atoms with Gasteiger partial charge in [-0.2, -0.15) is 13.2 Å². The number of esters is 3. The molecule has 2 aromatic rings. The van der Waals surface area contributed by atoms with Gasteiger partial charge < -0.3 is 29.6 Å². The zero-order valence-corrected chi connectivity index (χ0v) is 24.6. The highest BCUT2D eigenvalue weighted by Crippen LogP contribution is 2.46. The molecule has 3 rings (SSSR count). The van der Waals surface area contributed by atoms with Crippen molar-refractivity contribution in [3.05, 3.63) is 66.2 Å². The quantitative estimate of drug-likeness (QED) is 0.248.